The van der Waals surface area contributed by atoms with Gasteiger partial charge in [0.05, 0.1) is 19.1 Å². The van der Waals surface area contributed by atoms with Gasteiger partial charge in [0.1, 0.15) is 12.2 Å². The first-order chi connectivity index (χ1) is 12.7. The predicted octanol–water partition coefficient (Wildman–Crippen LogP) is 4.11. The van der Waals surface area contributed by atoms with Gasteiger partial charge in [-0.1, -0.05) is 24.3 Å². The van der Waals surface area contributed by atoms with Crippen LogP contribution in [0.3, 0.4) is 0 Å². The van der Waals surface area contributed by atoms with E-state index in [0.717, 1.165) is 11.1 Å². The summed E-state index contributed by atoms with van der Waals surface area (Å²) in [5.41, 5.74) is 0.855. The lowest BCUT2D eigenvalue weighted by Gasteiger charge is -2.19. The zero-order chi connectivity index (χ0) is 20.0. The van der Waals surface area contributed by atoms with Crippen LogP contribution in [0, 0.1) is 5.82 Å². The SMILES string of the molecule is COc1ccc(C=O)c(F)c1OCc1cccc(CC(=O)OC(C)(C)C)c1. The number of benzene rings is 2. The smallest absolute Gasteiger partial charge is 0.310 e. The van der Waals surface area contributed by atoms with Gasteiger partial charge in [0.25, 0.3) is 0 Å². The molecule has 0 saturated carbocycles. The highest BCUT2D eigenvalue weighted by Gasteiger charge is 2.17. The van der Waals surface area contributed by atoms with Crippen molar-refractivity contribution in [2.45, 2.75) is 39.4 Å². The molecule has 0 aromatic heterocycles. The van der Waals surface area contributed by atoms with E-state index in [1.165, 1.54) is 19.2 Å². The van der Waals surface area contributed by atoms with Crippen molar-refractivity contribution in [2.24, 2.45) is 0 Å². The Bertz CT molecular complexity index is 824. The first-order valence-corrected chi connectivity index (χ1v) is 8.47. The van der Waals surface area contributed by atoms with Gasteiger partial charge in [0.15, 0.2) is 23.6 Å². The monoisotopic (exact) mass is 374 g/mol. The maximum absolute atomic E-state index is 14.3. The number of rotatable bonds is 7. The Labute approximate surface area is 158 Å². The summed E-state index contributed by atoms with van der Waals surface area (Å²) in [7, 11) is 1.39. The lowest BCUT2D eigenvalue weighted by molar-refractivity contribution is -0.153. The molecule has 0 spiro atoms. The molecular formula is C21H23FO5. The van der Waals surface area contributed by atoms with Gasteiger partial charge < -0.3 is 14.2 Å². The Hall–Kier alpha value is -2.89. The van der Waals surface area contributed by atoms with Crippen LogP contribution in [0.25, 0.3) is 0 Å². The summed E-state index contributed by atoms with van der Waals surface area (Å²) in [6, 6.07) is 9.98. The Morgan fingerprint density at radius 3 is 2.48 bits per heavy atom. The van der Waals surface area contributed by atoms with Gasteiger partial charge in [0.2, 0.25) is 0 Å². The normalized spacial score (nSPS) is 11.0. The summed E-state index contributed by atoms with van der Waals surface area (Å²) in [6.45, 7) is 5.48. The molecule has 0 aliphatic rings. The molecule has 27 heavy (non-hydrogen) atoms. The molecule has 0 unspecified atom stereocenters. The van der Waals surface area contributed by atoms with Crippen molar-refractivity contribution in [3.8, 4) is 11.5 Å². The van der Waals surface area contributed by atoms with Gasteiger partial charge in [0, 0.05) is 0 Å². The van der Waals surface area contributed by atoms with Crippen molar-refractivity contribution >= 4 is 12.3 Å². The second kappa shape index (κ2) is 8.66. The van der Waals surface area contributed by atoms with Crippen molar-refractivity contribution in [2.75, 3.05) is 7.11 Å². The second-order valence-electron chi connectivity index (χ2n) is 6.99. The minimum atomic E-state index is -0.769. The number of hydrogen-bond donors (Lipinski definition) is 0. The summed E-state index contributed by atoms with van der Waals surface area (Å²) in [4.78, 5) is 22.9. The molecule has 0 aliphatic heterocycles. The summed E-state index contributed by atoms with van der Waals surface area (Å²) in [5.74, 6) is -1.02. The van der Waals surface area contributed by atoms with Crippen LogP contribution in [0.4, 0.5) is 4.39 Å². The third-order valence-electron chi connectivity index (χ3n) is 3.58. The highest BCUT2D eigenvalue weighted by molar-refractivity contribution is 5.77. The van der Waals surface area contributed by atoms with Gasteiger partial charge in [-0.2, -0.15) is 0 Å². The fraction of sp³-hybridized carbons (Fsp3) is 0.333. The average Bonchev–Trinajstić information content (AvgIpc) is 2.59. The molecule has 2 aromatic rings. The first-order valence-electron chi connectivity index (χ1n) is 8.47. The minimum Gasteiger partial charge on any atom is -0.493 e. The number of esters is 1. The number of carbonyl (C=O) groups is 2. The Balaban J connectivity index is 2.11. The van der Waals surface area contributed by atoms with E-state index in [0.29, 0.717) is 6.29 Å². The van der Waals surface area contributed by atoms with Gasteiger partial charge in [-0.15, -0.1) is 0 Å². The molecule has 0 heterocycles. The van der Waals surface area contributed by atoms with Crippen LogP contribution in [0.15, 0.2) is 36.4 Å². The molecule has 0 bridgehead atoms. The van der Waals surface area contributed by atoms with E-state index in [1.807, 2.05) is 26.8 Å². The molecule has 144 valence electrons. The molecule has 0 saturated heterocycles. The molecule has 0 amide bonds. The maximum atomic E-state index is 14.3. The average molecular weight is 374 g/mol. The van der Waals surface area contributed by atoms with E-state index in [1.54, 1.807) is 18.2 Å². The number of aldehydes is 1. The molecular weight excluding hydrogens is 351 g/mol. The van der Waals surface area contributed by atoms with Gasteiger partial charge in [-0.25, -0.2) is 4.39 Å². The Morgan fingerprint density at radius 1 is 1.15 bits per heavy atom. The highest BCUT2D eigenvalue weighted by Crippen LogP contribution is 2.32. The van der Waals surface area contributed by atoms with E-state index >= 15 is 0 Å². The van der Waals surface area contributed by atoms with Crippen LogP contribution in [0.5, 0.6) is 11.5 Å². The zero-order valence-electron chi connectivity index (χ0n) is 15.9. The van der Waals surface area contributed by atoms with Crippen LogP contribution in [-0.2, 0) is 22.6 Å². The summed E-state index contributed by atoms with van der Waals surface area (Å²) >= 11 is 0. The van der Waals surface area contributed by atoms with E-state index < -0.39 is 11.4 Å². The largest absolute Gasteiger partial charge is 0.493 e. The molecule has 5 nitrogen and oxygen atoms in total. The number of ether oxygens (including phenoxy) is 3. The van der Waals surface area contributed by atoms with Crippen LogP contribution in [0.2, 0.25) is 0 Å². The van der Waals surface area contributed by atoms with Crippen LogP contribution in [0.1, 0.15) is 42.3 Å². The Kier molecular flexibility index (Phi) is 6.55. The van der Waals surface area contributed by atoms with Crippen molar-refractivity contribution in [3.05, 3.63) is 58.9 Å². The topological polar surface area (TPSA) is 61.8 Å². The fourth-order valence-corrected chi connectivity index (χ4v) is 2.47. The van der Waals surface area contributed by atoms with Crippen molar-refractivity contribution in [1.29, 1.82) is 0 Å². The lowest BCUT2D eigenvalue weighted by atomic mass is 10.1. The lowest BCUT2D eigenvalue weighted by Crippen LogP contribution is -2.24. The van der Waals surface area contributed by atoms with Gasteiger partial charge in [-0.05, 0) is 44.0 Å². The van der Waals surface area contributed by atoms with E-state index in [9.17, 15) is 14.0 Å². The molecule has 0 radical (unpaired) electrons. The third kappa shape index (κ3) is 5.81. The van der Waals surface area contributed by atoms with Crippen LogP contribution < -0.4 is 9.47 Å². The van der Waals surface area contributed by atoms with Gasteiger partial charge in [-0.3, -0.25) is 9.59 Å². The van der Waals surface area contributed by atoms with Gasteiger partial charge >= 0.3 is 5.97 Å². The molecule has 2 rings (SSSR count). The van der Waals surface area contributed by atoms with Crippen LogP contribution >= 0.6 is 0 Å². The van der Waals surface area contributed by atoms with Crippen LogP contribution in [-0.4, -0.2) is 25.0 Å². The second-order valence-corrected chi connectivity index (χ2v) is 6.99. The third-order valence-corrected chi connectivity index (χ3v) is 3.58. The van der Waals surface area contributed by atoms with Crippen molar-refractivity contribution < 1.29 is 28.2 Å². The number of halogens is 1. The van der Waals surface area contributed by atoms with Crippen molar-refractivity contribution in [3.63, 3.8) is 0 Å². The zero-order valence-corrected chi connectivity index (χ0v) is 15.9. The maximum Gasteiger partial charge on any atom is 0.310 e. The number of hydrogen-bond acceptors (Lipinski definition) is 5. The predicted molar refractivity (Wildman–Crippen MR) is 98.7 cm³/mol. The molecule has 0 fully saturated rings. The number of methoxy groups -OCH3 is 1. The molecule has 0 aliphatic carbocycles. The molecule has 0 atom stereocenters. The van der Waals surface area contributed by atoms with E-state index in [2.05, 4.69) is 0 Å². The quantitative estimate of drug-likeness (QED) is 0.539. The highest BCUT2D eigenvalue weighted by atomic mass is 19.1. The molecule has 2 aromatic carbocycles. The summed E-state index contributed by atoms with van der Waals surface area (Å²) < 4.78 is 30.3. The molecule has 6 heteroatoms. The minimum absolute atomic E-state index is 0.0533. The first kappa shape index (κ1) is 20.4. The van der Waals surface area contributed by atoms with Crippen molar-refractivity contribution in [1.82, 2.24) is 0 Å². The Morgan fingerprint density at radius 2 is 1.85 bits per heavy atom. The van der Waals surface area contributed by atoms with E-state index in [-0.39, 0.29) is 36.1 Å². The standard InChI is InChI=1S/C21H23FO5/c1-21(2,3)27-18(24)11-14-6-5-7-15(10-14)13-26-20-17(25-4)9-8-16(12-23)19(20)22/h5-10,12H,11,13H2,1-4H3. The summed E-state index contributed by atoms with van der Waals surface area (Å²) in [5, 5.41) is 0. The number of carbonyl (C=O) groups excluding carboxylic acids is 2. The summed E-state index contributed by atoms with van der Waals surface area (Å²) in [6.07, 6.45) is 0.548. The molecule has 0 N–H and O–H groups in total. The fourth-order valence-electron chi connectivity index (χ4n) is 2.47. The van der Waals surface area contributed by atoms with E-state index in [4.69, 9.17) is 14.2 Å².